The van der Waals surface area contributed by atoms with Gasteiger partial charge in [0.05, 0.1) is 31.9 Å². The summed E-state index contributed by atoms with van der Waals surface area (Å²) in [6, 6.07) is 5.38. The minimum absolute atomic E-state index is 0.0835. The molecule has 0 unspecified atom stereocenters. The van der Waals surface area contributed by atoms with Gasteiger partial charge in [-0.1, -0.05) is 6.58 Å². The van der Waals surface area contributed by atoms with Crippen molar-refractivity contribution in [3.63, 3.8) is 0 Å². The maximum Gasteiger partial charge on any atom is 0.267 e. The molecule has 3 rings (SSSR count). The number of rotatable bonds is 7. The molecule has 2 heterocycles. The first-order chi connectivity index (χ1) is 15.3. The van der Waals surface area contributed by atoms with Crippen LogP contribution in [0.3, 0.4) is 0 Å². The number of amides is 1. The number of ether oxygens (including phenoxy) is 2. The predicted molar refractivity (Wildman–Crippen MR) is 127 cm³/mol. The lowest BCUT2D eigenvalue weighted by Gasteiger charge is -2.12. The SMILES string of the molecule is C=C(/C=C\C(=C/OC)c1c(N)c(N)nc2sc(C(=O)Nc3ccc(F)cc3)c(N)c12)OC. The molecule has 10 heteroatoms. The average molecular weight is 456 g/mol. The Morgan fingerprint density at radius 3 is 2.47 bits per heavy atom. The van der Waals surface area contributed by atoms with Crippen LogP contribution in [-0.4, -0.2) is 25.1 Å². The second-order valence-electron chi connectivity index (χ2n) is 6.58. The molecule has 0 spiro atoms. The Bertz CT molecular complexity index is 1250. The molecule has 2 aromatic heterocycles. The molecule has 8 nitrogen and oxygen atoms in total. The molecule has 0 aliphatic rings. The molecular formula is C22H22FN5O3S. The highest BCUT2D eigenvalue weighted by Gasteiger charge is 2.24. The van der Waals surface area contributed by atoms with Crippen molar-refractivity contribution >= 4 is 55.9 Å². The summed E-state index contributed by atoms with van der Waals surface area (Å²) in [5.41, 5.74) is 20.4. The van der Waals surface area contributed by atoms with Gasteiger partial charge in [-0.2, -0.15) is 0 Å². The second-order valence-corrected chi connectivity index (χ2v) is 7.58. The summed E-state index contributed by atoms with van der Waals surface area (Å²) in [5, 5.41) is 3.15. The quantitative estimate of drug-likeness (QED) is 0.310. The number of carbonyl (C=O) groups is 1. The van der Waals surface area contributed by atoms with Gasteiger partial charge in [-0.3, -0.25) is 4.79 Å². The fraction of sp³-hybridized carbons (Fsp3) is 0.0909. The van der Waals surface area contributed by atoms with Crippen LogP contribution in [0, 0.1) is 5.82 Å². The normalized spacial score (nSPS) is 11.7. The van der Waals surface area contributed by atoms with Crippen LogP contribution in [-0.2, 0) is 9.47 Å². The number of thiophene rings is 1. The molecule has 0 atom stereocenters. The van der Waals surface area contributed by atoms with Crippen molar-refractivity contribution in [2.45, 2.75) is 0 Å². The van der Waals surface area contributed by atoms with Crippen LogP contribution in [0.15, 0.2) is 55.0 Å². The first-order valence-corrected chi connectivity index (χ1v) is 10.1. The van der Waals surface area contributed by atoms with Crippen LogP contribution in [0.5, 0.6) is 0 Å². The van der Waals surface area contributed by atoms with Gasteiger partial charge >= 0.3 is 0 Å². The molecule has 1 amide bonds. The molecule has 0 bridgehead atoms. The standard InChI is InChI=1S/C22H22FN5O3S/c1-11(31-3)4-5-12(10-30-2)15-16-17(24)19(32-22(16)28-20(26)18(15)25)21(29)27-14-8-6-13(23)7-9-14/h4-10H,1,24-25H2,2-3H3,(H2,26,28)(H,27,29)/b5-4-,12-10+. The average Bonchev–Trinajstić information content (AvgIpc) is 3.09. The zero-order valence-corrected chi connectivity index (χ0v) is 18.3. The monoisotopic (exact) mass is 455 g/mol. The van der Waals surface area contributed by atoms with Gasteiger partial charge in [-0.05, 0) is 36.4 Å². The Hall–Kier alpha value is -4.05. The molecule has 32 heavy (non-hydrogen) atoms. The molecule has 0 saturated carbocycles. The van der Waals surface area contributed by atoms with Crippen LogP contribution in [0.4, 0.5) is 27.3 Å². The van der Waals surface area contributed by atoms with Crippen molar-refractivity contribution < 1.29 is 18.7 Å². The number of nitrogens with zero attached hydrogens (tertiary/aromatic N) is 1. The predicted octanol–water partition coefficient (Wildman–Crippen LogP) is 4.14. The maximum atomic E-state index is 13.1. The number of hydrogen-bond donors (Lipinski definition) is 4. The summed E-state index contributed by atoms with van der Waals surface area (Å²) in [4.78, 5) is 17.8. The van der Waals surface area contributed by atoms with E-state index in [0.29, 0.717) is 32.8 Å². The Balaban J connectivity index is 2.14. The van der Waals surface area contributed by atoms with Crippen molar-refractivity contribution in [3.05, 3.63) is 71.3 Å². The van der Waals surface area contributed by atoms with Crippen molar-refractivity contribution in [1.29, 1.82) is 0 Å². The summed E-state index contributed by atoms with van der Waals surface area (Å²) >= 11 is 1.06. The third-order valence-corrected chi connectivity index (χ3v) is 5.59. The van der Waals surface area contributed by atoms with Crippen LogP contribution in [0.25, 0.3) is 15.8 Å². The first kappa shape index (κ1) is 22.6. The van der Waals surface area contributed by atoms with E-state index in [-0.39, 0.29) is 22.1 Å². The van der Waals surface area contributed by atoms with E-state index in [1.807, 2.05) is 0 Å². The number of fused-ring (bicyclic) bond motifs is 1. The smallest absolute Gasteiger partial charge is 0.267 e. The molecule has 0 radical (unpaired) electrons. The maximum absolute atomic E-state index is 13.1. The Kier molecular flexibility index (Phi) is 6.64. The first-order valence-electron chi connectivity index (χ1n) is 9.25. The lowest BCUT2D eigenvalue weighted by atomic mass is 10.0. The molecule has 166 valence electrons. The van der Waals surface area contributed by atoms with Crippen LogP contribution in [0.1, 0.15) is 15.2 Å². The molecular weight excluding hydrogens is 433 g/mol. The molecule has 3 aromatic rings. The van der Waals surface area contributed by atoms with E-state index < -0.39 is 11.7 Å². The third kappa shape index (κ3) is 4.49. The molecule has 1 aromatic carbocycles. The zero-order chi connectivity index (χ0) is 23.4. The van der Waals surface area contributed by atoms with Gasteiger partial charge < -0.3 is 32.0 Å². The van der Waals surface area contributed by atoms with E-state index in [2.05, 4.69) is 16.9 Å². The largest absolute Gasteiger partial charge is 0.504 e. The Labute approximate surface area is 187 Å². The van der Waals surface area contributed by atoms with E-state index in [1.165, 1.54) is 44.7 Å². The number of nitrogens with one attached hydrogen (secondary N) is 1. The van der Waals surface area contributed by atoms with Crippen molar-refractivity contribution in [2.75, 3.05) is 36.7 Å². The van der Waals surface area contributed by atoms with E-state index in [9.17, 15) is 9.18 Å². The number of aromatic nitrogens is 1. The summed E-state index contributed by atoms with van der Waals surface area (Å²) in [6.45, 7) is 3.75. The fourth-order valence-electron chi connectivity index (χ4n) is 2.93. The molecule has 7 N–H and O–H groups in total. The van der Waals surface area contributed by atoms with Gasteiger partial charge in [0.2, 0.25) is 0 Å². The van der Waals surface area contributed by atoms with Gasteiger partial charge in [-0.25, -0.2) is 9.37 Å². The summed E-state index contributed by atoms with van der Waals surface area (Å²) in [7, 11) is 2.97. The number of methoxy groups -OCH3 is 2. The van der Waals surface area contributed by atoms with E-state index in [0.717, 1.165) is 11.3 Å². The topological polar surface area (TPSA) is 139 Å². The lowest BCUT2D eigenvalue weighted by molar-refractivity contribution is 0.103. The lowest BCUT2D eigenvalue weighted by Crippen LogP contribution is -2.12. The summed E-state index contributed by atoms with van der Waals surface area (Å²) in [5.74, 6) is -0.395. The van der Waals surface area contributed by atoms with Crippen LogP contribution < -0.4 is 22.5 Å². The van der Waals surface area contributed by atoms with Gasteiger partial charge in [0.1, 0.15) is 27.1 Å². The van der Waals surface area contributed by atoms with Crippen molar-refractivity contribution in [2.24, 2.45) is 0 Å². The number of benzene rings is 1. The molecule has 0 aliphatic heterocycles. The number of nitrogens with two attached hydrogens (primary N) is 3. The number of carbonyl (C=O) groups excluding carboxylic acids is 1. The minimum Gasteiger partial charge on any atom is -0.504 e. The number of nitrogen functional groups attached to an aromatic ring is 3. The number of anilines is 4. The zero-order valence-electron chi connectivity index (χ0n) is 17.4. The number of pyridine rings is 1. The van der Waals surface area contributed by atoms with Gasteiger partial charge in [-0.15, -0.1) is 11.3 Å². The number of hydrogen-bond acceptors (Lipinski definition) is 8. The molecule has 0 saturated heterocycles. The van der Waals surface area contributed by atoms with Gasteiger partial charge in [0.15, 0.2) is 0 Å². The number of allylic oxidation sites excluding steroid dienone is 3. The van der Waals surface area contributed by atoms with Crippen LogP contribution in [0.2, 0.25) is 0 Å². The Morgan fingerprint density at radius 2 is 1.84 bits per heavy atom. The van der Waals surface area contributed by atoms with Gasteiger partial charge in [0, 0.05) is 22.2 Å². The van der Waals surface area contributed by atoms with E-state index >= 15 is 0 Å². The Morgan fingerprint density at radius 1 is 1.16 bits per heavy atom. The van der Waals surface area contributed by atoms with Crippen molar-refractivity contribution in [3.8, 4) is 0 Å². The summed E-state index contributed by atoms with van der Waals surface area (Å²) < 4.78 is 23.4. The highest BCUT2D eigenvalue weighted by molar-refractivity contribution is 7.21. The third-order valence-electron chi connectivity index (χ3n) is 4.50. The second kappa shape index (κ2) is 9.40. The summed E-state index contributed by atoms with van der Waals surface area (Å²) in [6.07, 6.45) is 4.76. The minimum atomic E-state index is -0.472. The van der Waals surface area contributed by atoms with E-state index in [1.54, 1.807) is 12.2 Å². The van der Waals surface area contributed by atoms with E-state index in [4.69, 9.17) is 26.7 Å². The highest BCUT2D eigenvalue weighted by atomic mass is 32.1. The highest BCUT2D eigenvalue weighted by Crippen LogP contribution is 2.42. The fourth-order valence-corrected chi connectivity index (χ4v) is 3.94. The molecule has 0 aliphatic carbocycles. The van der Waals surface area contributed by atoms with Crippen LogP contribution >= 0.6 is 11.3 Å². The van der Waals surface area contributed by atoms with Crippen molar-refractivity contribution in [1.82, 2.24) is 4.98 Å². The molecule has 0 fully saturated rings. The van der Waals surface area contributed by atoms with Gasteiger partial charge in [0.25, 0.3) is 5.91 Å². The number of halogens is 1.